The maximum Gasteiger partial charge on any atom is 0.407 e. The largest absolute Gasteiger partial charge is 0.444 e. The summed E-state index contributed by atoms with van der Waals surface area (Å²) in [6.45, 7) is 11.2. The fourth-order valence-corrected chi connectivity index (χ4v) is 2.41. The molecule has 0 fully saturated rings. The highest BCUT2D eigenvalue weighted by molar-refractivity contribution is 6.42. The molecular formula is C20H30N2O4. The minimum Gasteiger partial charge on any atom is -0.444 e. The second-order valence-corrected chi connectivity index (χ2v) is 7.49. The van der Waals surface area contributed by atoms with Crippen LogP contribution in [0.15, 0.2) is 24.3 Å². The average molecular weight is 362 g/mol. The Labute approximate surface area is 155 Å². The fourth-order valence-electron chi connectivity index (χ4n) is 2.41. The number of benzene rings is 1. The number of rotatable bonds is 7. The molecule has 6 nitrogen and oxygen atoms in total. The van der Waals surface area contributed by atoms with Gasteiger partial charge in [-0.3, -0.25) is 9.59 Å². The van der Waals surface area contributed by atoms with E-state index in [0.29, 0.717) is 18.4 Å². The Morgan fingerprint density at radius 2 is 1.54 bits per heavy atom. The van der Waals surface area contributed by atoms with Crippen molar-refractivity contribution in [2.45, 2.75) is 65.5 Å². The van der Waals surface area contributed by atoms with Crippen molar-refractivity contribution < 1.29 is 19.1 Å². The molecule has 0 aromatic heterocycles. The van der Waals surface area contributed by atoms with Gasteiger partial charge in [0.2, 0.25) is 5.78 Å². The molecule has 0 aliphatic carbocycles. The van der Waals surface area contributed by atoms with E-state index in [9.17, 15) is 14.4 Å². The molecule has 0 spiro atoms. The maximum absolute atomic E-state index is 12.4. The van der Waals surface area contributed by atoms with Gasteiger partial charge >= 0.3 is 6.09 Å². The van der Waals surface area contributed by atoms with Crippen molar-refractivity contribution in [3.8, 4) is 0 Å². The van der Waals surface area contributed by atoms with Gasteiger partial charge in [-0.1, -0.05) is 43.7 Å². The van der Waals surface area contributed by atoms with Crippen molar-refractivity contribution in [3.05, 3.63) is 35.4 Å². The predicted molar refractivity (Wildman–Crippen MR) is 101 cm³/mol. The summed E-state index contributed by atoms with van der Waals surface area (Å²) in [7, 11) is 0. The second-order valence-electron chi connectivity index (χ2n) is 7.49. The van der Waals surface area contributed by atoms with Gasteiger partial charge in [-0.15, -0.1) is 0 Å². The quantitative estimate of drug-likeness (QED) is 0.575. The molecule has 0 heterocycles. The number of alkyl carbamates (subject to hydrolysis) is 1. The van der Waals surface area contributed by atoms with Crippen molar-refractivity contribution in [3.63, 3.8) is 0 Å². The number of carbonyl (C=O) groups excluding carboxylic acids is 3. The molecule has 2 N–H and O–H groups in total. The van der Waals surface area contributed by atoms with Crippen LogP contribution in [-0.2, 0) is 9.53 Å². The fraction of sp³-hybridized carbons (Fsp3) is 0.550. The van der Waals surface area contributed by atoms with Crippen LogP contribution in [0, 0.1) is 6.92 Å². The first kappa shape index (κ1) is 21.7. The first-order valence-electron chi connectivity index (χ1n) is 8.92. The van der Waals surface area contributed by atoms with Gasteiger partial charge in [0.05, 0.1) is 5.54 Å². The summed E-state index contributed by atoms with van der Waals surface area (Å²) in [4.78, 5) is 36.7. The van der Waals surface area contributed by atoms with Crippen molar-refractivity contribution in [2.75, 3.05) is 6.54 Å². The lowest BCUT2D eigenvalue weighted by Crippen LogP contribution is -2.56. The molecule has 144 valence electrons. The third kappa shape index (κ3) is 6.50. The molecule has 0 unspecified atom stereocenters. The molecule has 0 bridgehead atoms. The van der Waals surface area contributed by atoms with E-state index in [-0.39, 0.29) is 6.54 Å². The molecule has 26 heavy (non-hydrogen) atoms. The highest BCUT2D eigenvalue weighted by Crippen LogP contribution is 2.16. The van der Waals surface area contributed by atoms with Crippen molar-refractivity contribution in [2.24, 2.45) is 0 Å². The summed E-state index contributed by atoms with van der Waals surface area (Å²) in [6, 6.07) is 6.85. The molecule has 0 radical (unpaired) electrons. The number of carbonyl (C=O) groups is 3. The lowest BCUT2D eigenvalue weighted by atomic mass is 9.92. The Hall–Kier alpha value is -2.37. The zero-order chi connectivity index (χ0) is 20.0. The van der Waals surface area contributed by atoms with Crippen LogP contribution in [0.5, 0.6) is 0 Å². The Kier molecular flexibility index (Phi) is 7.36. The topological polar surface area (TPSA) is 84.5 Å². The zero-order valence-corrected chi connectivity index (χ0v) is 16.6. The monoisotopic (exact) mass is 362 g/mol. The number of hydrogen-bond donors (Lipinski definition) is 2. The van der Waals surface area contributed by atoms with Crippen LogP contribution in [0.25, 0.3) is 0 Å². The molecule has 6 heteroatoms. The molecule has 0 atom stereocenters. The molecule has 1 aromatic carbocycles. The summed E-state index contributed by atoms with van der Waals surface area (Å²) < 4.78 is 5.23. The van der Waals surface area contributed by atoms with Crippen molar-refractivity contribution in [1.82, 2.24) is 10.6 Å². The molecular weight excluding hydrogens is 332 g/mol. The number of amides is 2. The first-order chi connectivity index (χ1) is 12.0. The van der Waals surface area contributed by atoms with Crippen molar-refractivity contribution >= 4 is 17.8 Å². The van der Waals surface area contributed by atoms with E-state index in [1.807, 2.05) is 20.8 Å². The van der Waals surface area contributed by atoms with Gasteiger partial charge < -0.3 is 15.4 Å². The zero-order valence-electron chi connectivity index (χ0n) is 16.6. The minimum atomic E-state index is -0.714. The molecule has 2 amide bonds. The molecule has 0 saturated carbocycles. The van der Waals surface area contributed by atoms with Crippen molar-refractivity contribution in [1.29, 1.82) is 0 Å². The van der Waals surface area contributed by atoms with E-state index >= 15 is 0 Å². The Bertz CT molecular complexity index is 641. The van der Waals surface area contributed by atoms with Gasteiger partial charge in [0, 0.05) is 12.1 Å². The van der Waals surface area contributed by atoms with Crippen LogP contribution >= 0.6 is 0 Å². The predicted octanol–water partition coefficient (Wildman–Crippen LogP) is 3.38. The number of ketones is 1. The highest BCUT2D eigenvalue weighted by atomic mass is 16.6. The Balaban J connectivity index is 2.78. The van der Waals surface area contributed by atoms with Crippen LogP contribution in [0.1, 0.15) is 63.4 Å². The molecule has 1 aromatic rings. The number of nitrogens with one attached hydrogen (secondary N) is 2. The normalized spacial score (nSPS) is 11.6. The number of hydrogen-bond acceptors (Lipinski definition) is 4. The van der Waals surface area contributed by atoms with E-state index in [1.165, 1.54) is 0 Å². The van der Waals surface area contributed by atoms with Crippen LogP contribution in [0.3, 0.4) is 0 Å². The Morgan fingerprint density at radius 3 is 2.00 bits per heavy atom. The van der Waals surface area contributed by atoms with Crippen LogP contribution in [-0.4, -0.2) is 35.5 Å². The van der Waals surface area contributed by atoms with E-state index in [2.05, 4.69) is 10.6 Å². The number of aryl methyl sites for hydroxylation is 1. The second kappa shape index (κ2) is 8.83. The SMILES string of the molecule is CCC(CC)(CNC(=O)OC(C)(C)C)NC(=O)C(=O)c1ccc(C)cc1. The average Bonchev–Trinajstić information content (AvgIpc) is 2.57. The van der Waals surface area contributed by atoms with Gasteiger partial charge in [-0.05, 0) is 40.5 Å². The first-order valence-corrected chi connectivity index (χ1v) is 8.92. The lowest BCUT2D eigenvalue weighted by Gasteiger charge is -2.33. The summed E-state index contributed by atoms with van der Waals surface area (Å²) in [6.07, 6.45) is 0.571. The van der Waals surface area contributed by atoms with Gasteiger partial charge in [-0.25, -0.2) is 4.79 Å². The Morgan fingerprint density at radius 1 is 1.00 bits per heavy atom. The van der Waals surface area contributed by atoms with E-state index in [1.54, 1.807) is 45.0 Å². The molecule has 1 rings (SSSR count). The van der Waals surface area contributed by atoms with Gasteiger partial charge in [-0.2, -0.15) is 0 Å². The number of ether oxygens (including phenoxy) is 1. The van der Waals surface area contributed by atoms with E-state index in [4.69, 9.17) is 4.74 Å². The maximum atomic E-state index is 12.4. The van der Waals surface area contributed by atoms with Gasteiger partial charge in [0.25, 0.3) is 5.91 Å². The third-order valence-corrected chi connectivity index (χ3v) is 4.22. The van der Waals surface area contributed by atoms with Crippen LogP contribution < -0.4 is 10.6 Å². The number of Topliss-reactive ketones (excluding diaryl/α,β-unsaturated/α-hetero) is 1. The highest BCUT2D eigenvalue weighted by Gasteiger charge is 2.32. The standard InChI is InChI=1S/C20H30N2O4/c1-7-20(8-2,13-21-18(25)26-19(4,5)6)22-17(24)16(23)15-11-9-14(3)10-12-15/h9-12H,7-8,13H2,1-6H3,(H,21,25)(H,22,24). The van der Waals surface area contributed by atoms with Gasteiger partial charge in [0.15, 0.2) is 0 Å². The summed E-state index contributed by atoms with van der Waals surface area (Å²) in [5, 5.41) is 5.49. The van der Waals surface area contributed by atoms with Crippen LogP contribution in [0.4, 0.5) is 4.79 Å². The summed E-state index contributed by atoms with van der Waals surface area (Å²) >= 11 is 0. The van der Waals surface area contributed by atoms with E-state index < -0.39 is 28.9 Å². The third-order valence-electron chi connectivity index (χ3n) is 4.22. The summed E-state index contributed by atoms with van der Waals surface area (Å²) in [5.74, 6) is -1.27. The van der Waals surface area contributed by atoms with E-state index in [0.717, 1.165) is 5.56 Å². The summed E-state index contributed by atoms with van der Waals surface area (Å²) in [5.41, 5.74) is 0.0405. The molecule has 0 aliphatic rings. The molecule has 0 aliphatic heterocycles. The minimum absolute atomic E-state index is 0.182. The molecule has 0 saturated heterocycles. The lowest BCUT2D eigenvalue weighted by molar-refractivity contribution is -0.119. The smallest absolute Gasteiger partial charge is 0.407 e. The van der Waals surface area contributed by atoms with Gasteiger partial charge in [0.1, 0.15) is 5.60 Å². The van der Waals surface area contributed by atoms with Crippen LogP contribution in [0.2, 0.25) is 0 Å².